The standard InChI is InChI=1S/C13H22N2O3/c1-7-10(9(2)17-6)8-11(14)15-12(16)18-13(3,4)5/h7-8H,2,14H2,1,3-6H3,(H,15,16)/b10-7+,11-8+. The summed E-state index contributed by atoms with van der Waals surface area (Å²) in [5.41, 5.74) is 5.79. The summed E-state index contributed by atoms with van der Waals surface area (Å²) in [6.07, 6.45) is 2.72. The lowest BCUT2D eigenvalue weighted by molar-refractivity contribution is 0.0545. The minimum atomic E-state index is -0.602. The number of carbonyl (C=O) groups excluding carboxylic acids is 1. The number of ether oxygens (including phenoxy) is 2. The summed E-state index contributed by atoms with van der Waals surface area (Å²) in [6, 6.07) is 0. The van der Waals surface area contributed by atoms with E-state index in [2.05, 4.69) is 11.9 Å². The van der Waals surface area contributed by atoms with E-state index < -0.39 is 11.7 Å². The van der Waals surface area contributed by atoms with Crippen LogP contribution in [0.25, 0.3) is 0 Å². The molecule has 5 nitrogen and oxygen atoms in total. The van der Waals surface area contributed by atoms with E-state index in [-0.39, 0.29) is 5.82 Å². The Morgan fingerprint density at radius 3 is 2.33 bits per heavy atom. The van der Waals surface area contributed by atoms with Crippen LogP contribution in [-0.4, -0.2) is 18.8 Å². The van der Waals surface area contributed by atoms with Crippen molar-refractivity contribution in [2.45, 2.75) is 33.3 Å². The van der Waals surface area contributed by atoms with Gasteiger partial charge in [-0.1, -0.05) is 12.7 Å². The maximum Gasteiger partial charge on any atom is 0.413 e. The van der Waals surface area contributed by atoms with Gasteiger partial charge in [0.1, 0.15) is 17.2 Å². The Kier molecular flexibility index (Phi) is 6.02. The van der Waals surface area contributed by atoms with Crippen LogP contribution >= 0.6 is 0 Å². The first-order valence-corrected chi connectivity index (χ1v) is 5.56. The smallest absolute Gasteiger partial charge is 0.413 e. The van der Waals surface area contributed by atoms with Gasteiger partial charge in [-0.25, -0.2) is 4.79 Å². The number of hydrogen-bond acceptors (Lipinski definition) is 4. The van der Waals surface area contributed by atoms with Crippen molar-refractivity contribution in [3.05, 3.63) is 35.9 Å². The molecular weight excluding hydrogens is 232 g/mol. The highest BCUT2D eigenvalue weighted by Crippen LogP contribution is 2.11. The molecule has 102 valence electrons. The molecule has 0 aromatic heterocycles. The van der Waals surface area contributed by atoms with Crippen LogP contribution in [0.15, 0.2) is 35.9 Å². The normalized spacial score (nSPS) is 12.9. The molecule has 3 N–H and O–H groups in total. The van der Waals surface area contributed by atoms with Gasteiger partial charge in [-0.3, -0.25) is 5.32 Å². The monoisotopic (exact) mass is 254 g/mol. The molecule has 1 amide bonds. The highest BCUT2D eigenvalue weighted by Gasteiger charge is 2.16. The molecule has 0 aromatic carbocycles. The van der Waals surface area contributed by atoms with Crippen molar-refractivity contribution in [3.63, 3.8) is 0 Å². The molecule has 0 aliphatic carbocycles. The molecule has 0 atom stereocenters. The molecule has 0 fully saturated rings. The molecule has 0 aliphatic rings. The summed E-state index contributed by atoms with van der Waals surface area (Å²) in [5.74, 6) is 0.627. The number of carbonyl (C=O) groups is 1. The van der Waals surface area contributed by atoms with Crippen LogP contribution in [0.4, 0.5) is 4.79 Å². The van der Waals surface area contributed by atoms with Crippen LogP contribution in [0.2, 0.25) is 0 Å². The predicted octanol–water partition coefficient (Wildman–Crippen LogP) is 2.42. The maximum absolute atomic E-state index is 11.5. The second kappa shape index (κ2) is 6.74. The van der Waals surface area contributed by atoms with Crippen LogP contribution in [0.3, 0.4) is 0 Å². The van der Waals surface area contributed by atoms with Gasteiger partial charge in [0.25, 0.3) is 0 Å². The Morgan fingerprint density at radius 1 is 1.39 bits per heavy atom. The zero-order valence-electron chi connectivity index (χ0n) is 11.7. The number of amides is 1. The summed E-state index contributed by atoms with van der Waals surface area (Å²) in [4.78, 5) is 11.5. The highest BCUT2D eigenvalue weighted by atomic mass is 16.6. The van der Waals surface area contributed by atoms with Gasteiger partial charge in [-0.2, -0.15) is 0 Å². The predicted molar refractivity (Wildman–Crippen MR) is 71.5 cm³/mol. The first-order valence-electron chi connectivity index (χ1n) is 5.56. The molecular formula is C13H22N2O3. The maximum atomic E-state index is 11.5. The van der Waals surface area contributed by atoms with Gasteiger partial charge < -0.3 is 15.2 Å². The van der Waals surface area contributed by atoms with Crippen molar-refractivity contribution in [1.29, 1.82) is 0 Å². The number of allylic oxidation sites excluding steroid dienone is 2. The molecule has 5 heteroatoms. The number of hydrogen-bond donors (Lipinski definition) is 2. The van der Waals surface area contributed by atoms with Gasteiger partial charge in [0, 0.05) is 5.57 Å². The van der Waals surface area contributed by atoms with Crippen LogP contribution in [0.1, 0.15) is 27.7 Å². The number of nitrogens with one attached hydrogen (secondary N) is 1. The zero-order chi connectivity index (χ0) is 14.3. The summed E-state index contributed by atoms with van der Waals surface area (Å²) < 4.78 is 10.0. The zero-order valence-corrected chi connectivity index (χ0v) is 11.7. The molecule has 0 heterocycles. The van der Waals surface area contributed by atoms with Gasteiger partial charge in [-0.15, -0.1) is 0 Å². The summed E-state index contributed by atoms with van der Waals surface area (Å²) in [7, 11) is 1.51. The first-order chi connectivity index (χ1) is 8.19. The van der Waals surface area contributed by atoms with Crippen molar-refractivity contribution < 1.29 is 14.3 Å². The van der Waals surface area contributed by atoms with Crippen LogP contribution in [0.5, 0.6) is 0 Å². The van der Waals surface area contributed by atoms with Crippen molar-refractivity contribution in [2.24, 2.45) is 5.73 Å². The molecule has 0 rings (SSSR count). The number of rotatable bonds is 4. The van der Waals surface area contributed by atoms with E-state index in [1.165, 1.54) is 7.11 Å². The highest BCUT2D eigenvalue weighted by molar-refractivity contribution is 5.70. The van der Waals surface area contributed by atoms with Crippen molar-refractivity contribution >= 4 is 6.09 Å². The molecule has 0 aliphatic heterocycles. The number of nitrogens with two attached hydrogens (primary N) is 1. The first kappa shape index (κ1) is 16.1. The van der Waals surface area contributed by atoms with E-state index in [4.69, 9.17) is 15.2 Å². The minimum Gasteiger partial charge on any atom is -0.497 e. The average molecular weight is 254 g/mol. The van der Waals surface area contributed by atoms with Crippen LogP contribution < -0.4 is 11.1 Å². The molecule has 0 spiro atoms. The summed E-state index contributed by atoms with van der Waals surface area (Å²) in [6.45, 7) is 10.8. The van der Waals surface area contributed by atoms with Gasteiger partial charge in [0.15, 0.2) is 0 Å². The molecule has 0 radical (unpaired) electrons. The van der Waals surface area contributed by atoms with E-state index in [0.717, 1.165) is 0 Å². The van der Waals surface area contributed by atoms with Crippen molar-refractivity contribution in [1.82, 2.24) is 5.32 Å². The van der Waals surface area contributed by atoms with Crippen LogP contribution in [0, 0.1) is 0 Å². The number of alkyl carbamates (subject to hydrolysis) is 1. The molecule has 18 heavy (non-hydrogen) atoms. The Morgan fingerprint density at radius 2 is 1.94 bits per heavy atom. The largest absolute Gasteiger partial charge is 0.497 e. The lowest BCUT2D eigenvalue weighted by Crippen LogP contribution is -2.34. The van der Waals surface area contributed by atoms with E-state index in [0.29, 0.717) is 11.3 Å². The lowest BCUT2D eigenvalue weighted by Gasteiger charge is -2.19. The van der Waals surface area contributed by atoms with Gasteiger partial charge in [-0.05, 0) is 33.8 Å². The topological polar surface area (TPSA) is 73.6 Å². The summed E-state index contributed by atoms with van der Waals surface area (Å²) >= 11 is 0. The second-order valence-electron chi connectivity index (χ2n) is 4.60. The Balaban J connectivity index is 4.62. The molecule has 0 bridgehead atoms. The Labute approximate surface area is 108 Å². The third kappa shape index (κ3) is 6.62. The SMILES string of the molecule is C=C(OC)C(/C=C(\N)NC(=O)OC(C)(C)C)=C/C. The Hall–Kier alpha value is -1.91. The van der Waals surface area contributed by atoms with Gasteiger partial charge in [0.05, 0.1) is 7.11 Å². The van der Waals surface area contributed by atoms with Crippen LogP contribution in [-0.2, 0) is 9.47 Å². The fourth-order valence-corrected chi connectivity index (χ4v) is 1.07. The minimum absolute atomic E-state index is 0.163. The molecule has 0 saturated carbocycles. The third-order valence-electron chi connectivity index (χ3n) is 1.84. The van der Waals surface area contributed by atoms with Gasteiger partial charge in [0.2, 0.25) is 0 Å². The fourth-order valence-electron chi connectivity index (χ4n) is 1.07. The Bertz CT molecular complexity index is 376. The van der Waals surface area contributed by atoms with E-state index in [1.54, 1.807) is 32.9 Å². The number of methoxy groups -OCH3 is 1. The average Bonchev–Trinajstić information content (AvgIpc) is 2.21. The van der Waals surface area contributed by atoms with Crippen molar-refractivity contribution in [2.75, 3.05) is 7.11 Å². The van der Waals surface area contributed by atoms with E-state index >= 15 is 0 Å². The molecule has 0 saturated heterocycles. The molecule has 0 aromatic rings. The quantitative estimate of drug-likeness (QED) is 0.597. The van der Waals surface area contributed by atoms with E-state index in [1.807, 2.05) is 6.92 Å². The van der Waals surface area contributed by atoms with Crippen molar-refractivity contribution in [3.8, 4) is 0 Å². The fraction of sp³-hybridized carbons (Fsp3) is 0.462. The summed E-state index contributed by atoms with van der Waals surface area (Å²) in [5, 5.41) is 2.42. The van der Waals surface area contributed by atoms with E-state index in [9.17, 15) is 4.79 Å². The molecule has 0 unspecified atom stereocenters. The second-order valence-corrected chi connectivity index (χ2v) is 4.60. The lowest BCUT2D eigenvalue weighted by atomic mass is 10.2. The third-order valence-corrected chi connectivity index (χ3v) is 1.84. The van der Waals surface area contributed by atoms with Gasteiger partial charge >= 0.3 is 6.09 Å².